The average Bonchev–Trinajstić information content (AvgIpc) is 3.54. The number of amidine groups is 1. The molecule has 0 aliphatic carbocycles. The largest absolute Gasteiger partial charge is 0.497 e. The van der Waals surface area contributed by atoms with Crippen molar-refractivity contribution in [1.82, 2.24) is 5.01 Å². The molecule has 3 aromatic rings. The molecule has 0 aromatic heterocycles. The number of thioether (sulfide) groups is 1. The molecule has 10 heteroatoms. The molecule has 2 amide bonds. The zero-order valence-electron chi connectivity index (χ0n) is 21.4. The Balaban J connectivity index is 1.29. The second-order valence-corrected chi connectivity index (χ2v) is 10.1. The summed E-state index contributed by atoms with van der Waals surface area (Å²) in [5, 5.41) is 9.24. The first-order valence-electron chi connectivity index (χ1n) is 12.3. The first-order valence-corrected chi connectivity index (χ1v) is 13.2. The van der Waals surface area contributed by atoms with Gasteiger partial charge in [-0.05, 0) is 47.5 Å². The predicted molar refractivity (Wildman–Crippen MR) is 150 cm³/mol. The Morgan fingerprint density at radius 1 is 1.00 bits per heavy atom. The fourth-order valence-corrected chi connectivity index (χ4v) is 5.40. The second kappa shape index (κ2) is 11.5. The summed E-state index contributed by atoms with van der Waals surface area (Å²) < 4.78 is 10.3. The van der Waals surface area contributed by atoms with Gasteiger partial charge in [0.1, 0.15) is 16.7 Å². The van der Waals surface area contributed by atoms with Gasteiger partial charge >= 0.3 is 5.97 Å². The molecule has 2 heterocycles. The number of carbonyl (C=O) groups excluding carboxylic acids is 3. The molecule has 2 atom stereocenters. The number of nitrogens with one attached hydrogen (secondary N) is 1. The predicted octanol–water partition coefficient (Wildman–Crippen LogP) is 4.80. The maximum Gasteiger partial charge on any atom is 0.308 e. The number of carbonyl (C=O) groups is 3. The van der Waals surface area contributed by atoms with Crippen LogP contribution in [0.1, 0.15) is 36.9 Å². The molecule has 0 fully saturated rings. The molecule has 0 bridgehead atoms. The molecule has 1 N–H and O–H groups in total. The molecule has 39 heavy (non-hydrogen) atoms. The minimum absolute atomic E-state index is 0.0432. The lowest BCUT2D eigenvalue weighted by Gasteiger charge is -2.23. The fraction of sp³-hybridized carbons (Fsp3) is 0.207. The van der Waals surface area contributed by atoms with Crippen molar-refractivity contribution in [3.05, 3.63) is 90.0 Å². The van der Waals surface area contributed by atoms with Crippen LogP contribution < -0.4 is 14.8 Å². The smallest absolute Gasteiger partial charge is 0.308 e. The van der Waals surface area contributed by atoms with E-state index in [0.29, 0.717) is 23.0 Å². The van der Waals surface area contributed by atoms with Crippen molar-refractivity contribution in [1.29, 1.82) is 0 Å². The van der Waals surface area contributed by atoms with Gasteiger partial charge in [-0.15, -0.1) is 0 Å². The topological polar surface area (TPSA) is 110 Å². The van der Waals surface area contributed by atoms with E-state index in [9.17, 15) is 14.4 Å². The molecule has 0 spiro atoms. The Labute approximate surface area is 229 Å². The van der Waals surface area contributed by atoms with E-state index < -0.39 is 11.2 Å². The van der Waals surface area contributed by atoms with E-state index >= 15 is 0 Å². The third-order valence-corrected chi connectivity index (χ3v) is 7.36. The van der Waals surface area contributed by atoms with Crippen molar-refractivity contribution >= 4 is 46.1 Å². The van der Waals surface area contributed by atoms with Crippen molar-refractivity contribution < 1.29 is 23.9 Å². The van der Waals surface area contributed by atoms with Crippen LogP contribution >= 0.6 is 11.8 Å². The number of hydrogen-bond acceptors (Lipinski definition) is 8. The van der Waals surface area contributed by atoms with Gasteiger partial charge in [0, 0.05) is 25.5 Å². The highest BCUT2D eigenvalue weighted by Gasteiger charge is 2.39. The number of aliphatic imine (C=N–C) groups is 1. The monoisotopic (exact) mass is 542 g/mol. The van der Waals surface area contributed by atoms with Gasteiger partial charge in [-0.25, -0.2) is 5.01 Å². The van der Waals surface area contributed by atoms with Crippen LogP contribution in [0.25, 0.3) is 0 Å². The Bertz CT molecular complexity index is 1440. The summed E-state index contributed by atoms with van der Waals surface area (Å²) in [5.41, 5.74) is 3.44. The normalized spacial score (nSPS) is 18.4. The molecule has 198 valence electrons. The van der Waals surface area contributed by atoms with Crippen LogP contribution in [0.4, 0.5) is 5.69 Å². The molecule has 0 radical (unpaired) electrons. The number of benzene rings is 3. The van der Waals surface area contributed by atoms with Gasteiger partial charge in [-0.1, -0.05) is 54.2 Å². The zero-order valence-corrected chi connectivity index (χ0v) is 22.2. The van der Waals surface area contributed by atoms with E-state index in [1.165, 1.54) is 18.7 Å². The van der Waals surface area contributed by atoms with Gasteiger partial charge in [-0.3, -0.25) is 14.4 Å². The van der Waals surface area contributed by atoms with Crippen LogP contribution in [-0.4, -0.2) is 46.0 Å². The van der Waals surface area contributed by atoms with Crippen molar-refractivity contribution in [2.24, 2.45) is 10.1 Å². The molecular formula is C29H26N4O5S. The number of methoxy groups -OCH3 is 1. The fourth-order valence-electron chi connectivity index (χ4n) is 4.33. The van der Waals surface area contributed by atoms with Gasteiger partial charge in [0.05, 0.1) is 18.9 Å². The highest BCUT2D eigenvalue weighted by molar-refractivity contribution is 8.15. The number of hydrazone groups is 1. The molecule has 0 saturated carbocycles. The third kappa shape index (κ3) is 6.18. The van der Waals surface area contributed by atoms with Gasteiger partial charge in [0.25, 0.3) is 5.91 Å². The van der Waals surface area contributed by atoms with Crippen molar-refractivity contribution in [3.8, 4) is 11.5 Å². The Morgan fingerprint density at radius 2 is 1.69 bits per heavy atom. The van der Waals surface area contributed by atoms with Crippen LogP contribution in [0.5, 0.6) is 11.5 Å². The van der Waals surface area contributed by atoms with Gasteiger partial charge < -0.3 is 14.8 Å². The number of nitrogens with zero attached hydrogens (tertiary/aromatic N) is 3. The van der Waals surface area contributed by atoms with Crippen molar-refractivity contribution in [2.45, 2.75) is 31.1 Å². The van der Waals surface area contributed by atoms with E-state index in [1.54, 1.807) is 36.4 Å². The van der Waals surface area contributed by atoms with E-state index in [1.807, 2.05) is 54.6 Å². The number of anilines is 1. The molecule has 2 aliphatic rings. The van der Waals surface area contributed by atoms with E-state index in [0.717, 1.165) is 22.6 Å². The van der Waals surface area contributed by atoms with Gasteiger partial charge in [-0.2, -0.15) is 10.1 Å². The highest BCUT2D eigenvalue weighted by atomic mass is 32.2. The zero-order chi connectivity index (χ0) is 27.4. The summed E-state index contributed by atoms with van der Waals surface area (Å²) in [6.07, 6.45) is 0.594. The lowest BCUT2D eigenvalue weighted by molar-refractivity contribution is -0.131. The van der Waals surface area contributed by atoms with Crippen molar-refractivity contribution in [3.63, 3.8) is 0 Å². The number of esters is 1. The van der Waals surface area contributed by atoms with Gasteiger partial charge in [0.2, 0.25) is 5.91 Å². The number of rotatable bonds is 7. The van der Waals surface area contributed by atoms with Crippen LogP contribution in [0.15, 0.2) is 89.0 Å². The van der Waals surface area contributed by atoms with Gasteiger partial charge in [0.15, 0.2) is 5.17 Å². The first-order chi connectivity index (χ1) is 18.9. The highest BCUT2D eigenvalue weighted by Crippen LogP contribution is 2.39. The Hall–Kier alpha value is -4.44. The van der Waals surface area contributed by atoms with Crippen molar-refractivity contribution in [2.75, 3.05) is 12.4 Å². The molecular weight excluding hydrogens is 516 g/mol. The molecule has 3 aromatic carbocycles. The summed E-state index contributed by atoms with van der Waals surface area (Å²) in [4.78, 5) is 40.9. The lowest BCUT2D eigenvalue weighted by Crippen LogP contribution is -2.25. The van der Waals surface area contributed by atoms with E-state index in [4.69, 9.17) is 14.6 Å². The van der Waals surface area contributed by atoms with Crippen LogP contribution in [0, 0.1) is 0 Å². The lowest BCUT2D eigenvalue weighted by atomic mass is 9.98. The molecule has 9 nitrogen and oxygen atoms in total. The summed E-state index contributed by atoms with van der Waals surface area (Å²) >= 11 is 1.24. The number of amides is 2. The summed E-state index contributed by atoms with van der Waals surface area (Å²) in [6, 6.07) is 23.9. The summed E-state index contributed by atoms with van der Waals surface area (Å²) in [5.74, 6) is 0.0213. The Morgan fingerprint density at radius 3 is 2.36 bits per heavy atom. The maximum absolute atomic E-state index is 12.8. The quantitative estimate of drug-likeness (QED) is 0.337. The minimum atomic E-state index is -0.659. The Kier molecular flexibility index (Phi) is 7.74. The molecule has 0 saturated heterocycles. The van der Waals surface area contributed by atoms with Crippen LogP contribution in [0.2, 0.25) is 0 Å². The SMILES string of the molecule is COc1ccc([C@@H]2CC(c3ccccc3)=NN2C2=NC(=O)[C@@H](CC(=O)Nc3ccc(OC(C)=O)cc3)S2)cc1. The maximum atomic E-state index is 12.8. The first kappa shape index (κ1) is 26.2. The molecule has 5 rings (SSSR count). The standard InChI is InChI=1S/C29H26N4O5S/c1-18(34)38-23-14-10-21(11-15-23)30-27(35)17-26-28(36)31-29(39-26)33-25(20-8-12-22(37-2)13-9-20)16-24(32-33)19-6-4-3-5-7-19/h3-15,25-26H,16-17H2,1-2H3,(H,30,35)/t25-,26+/m0/s1. The average molecular weight is 543 g/mol. The van der Waals surface area contributed by atoms with E-state index in [-0.39, 0.29) is 24.3 Å². The molecule has 0 unspecified atom stereocenters. The number of hydrogen-bond donors (Lipinski definition) is 1. The molecule has 2 aliphatic heterocycles. The van der Waals surface area contributed by atoms with E-state index in [2.05, 4.69) is 10.3 Å². The number of ether oxygens (including phenoxy) is 2. The van der Waals surface area contributed by atoms with Crippen LogP contribution in [-0.2, 0) is 14.4 Å². The second-order valence-electron chi connectivity index (χ2n) is 8.96. The summed E-state index contributed by atoms with van der Waals surface area (Å²) in [6.45, 7) is 1.32. The van der Waals surface area contributed by atoms with Crippen LogP contribution in [0.3, 0.4) is 0 Å². The minimum Gasteiger partial charge on any atom is -0.497 e. The third-order valence-electron chi connectivity index (χ3n) is 6.21. The summed E-state index contributed by atoms with van der Waals surface area (Å²) in [7, 11) is 1.62.